The number of carbonyl (C=O) groups excluding carboxylic acids is 1. The van der Waals surface area contributed by atoms with Gasteiger partial charge in [-0.15, -0.1) is 0 Å². The summed E-state index contributed by atoms with van der Waals surface area (Å²) in [6.45, 7) is 2.95. The topological polar surface area (TPSA) is 20.3 Å². The smallest absolute Gasteiger partial charge is 0.227 e. The van der Waals surface area contributed by atoms with Crippen LogP contribution in [0.15, 0.2) is 48.5 Å². The molecular formula is C19H20ClNO. The minimum absolute atomic E-state index is 0.166. The van der Waals surface area contributed by atoms with Gasteiger partial charge in [-0.05, 0) is 42.5 Å². The number of rotatable bonds is 3. The molecular weight excluding hydrogens is 294 g/mol. The first-order valence-corrected chi connectivity index (χ1v) is 8.13. The van der Waals surface area contributed by atoms with Crippen molar-refractivity contribution in [2.24, 2.45) is 0 Å². The second-order valence-corrected chi connectivity index (χ2v) is 6.28. The van der Waals surface area contributed by atoms with Gasteiger partial charge in [0, 0.05) is 11.6 Å². The van der Waals surface area contributed by atoms with Crippen LogP contribution in [0.2, 0.25) is 5.02 Å². The minimum atomic E-state index is 0.166. The fourth-order valence-corrected chi connectivity index (χ4v) is 3.46. The largest absolute Gasteiger partial charge is 0.335 e. The van der Waals surface area contributed by atoms with E-state index in [2.05, 4.69) is 25.1 Å². The molecule has 0 spiro atoms. The first-order valence-electron chi connectivity index (χ1n) is 7.75. The van der Waals surface area contributed by atoms with Gasteiger partial charge in [-0.25, -0.2) is 0 Å². The van der Waals surface area contributed by atoms with Crippen molar-refractivity contribution >= 4 is 17.5 Å². The van der Waals surface area contributed by atoms with E-state index < -0.39 is 0 Å². The van der Waals surface area contributed by atoms with E-state index in [0.29, 0.717) is 11.4 Å². The van der Waals surface area contributed by atoms with Gasteiger partial charge in [0.1, 0.15) is 0 Å². The summed E-state index contributed by atoms with van der Waals surface area (Å²) in [5, 5.41) is 0.669. The molecule has 0 saturated carbocycles. The molecule has 3 rings (SSSR count). The summed E-state index contributed by atoms with van der Waals surface area (Å²) in [5.41, 5.74) is 3.43. The zero-order valence-corrected chi connectivity index (χ0v) is 13.5. The van der Waals surface area contributed by atoms with E-state index in [4.69, 9.17) is 11.6 Å². The highest BCUT2D eigenvalue weighted by Gasteiger charge is 2.30. The number of likely N-dealkylation sites (tertiary alicyclic amines) is 1. The van der Waals surface area contributed by atoms with Crippen molar-refractivity contribution in [2.45, 2.75) is 32.2 Å². The van der Waals surface area contributed by atoms with Crippen LogP contribution in [0, 0.1) is 6.92 Å². The molecule has 0 unspecified atom stereocenters. The molecule has 1 amide bonds. The van der Waals surface area contributed by atoms with E-state index >= 15 is 0 Å². The molecule has 0 aliphatic carbocycles. The van der Waals surface area contributed by atoms with Gasteiger partial charge in [-0.3, -0.25) is 4.79 Å². The Hall–Kier alpha value is -1.80. The van der Waals surface area contributed by atoms with Crippen LogP contribution in [0.4, 0.5) is 0 Å². The van der Waals surface area contributed by atoms with Crippen LogP contribution in [0.3, 0.4) is 0 Å². The quantitative estimate of drug-likeness (QED) is 0.813. The maximum atomic E-state index is 12.7. The summed E-state index contributed by atoms with van der Waals surface area (Å²) in [6.07, 6.45) is 2.48. The minimum Gasteiger partial charge on any atom is -0.335 e. The van der Waals surface area contributed by atoms with Crippen molar-refractivity contribution in [2.75, 3.05) is 6.54 Å². The van der Waals surface area contributed by atoms with Crippen molar-refractivity contribution in [1.82, 2.24) is 4.90 Å². The van der Waals surface area contributed by atoms with Gasteiger partial charge in [0.2, 0.25) is 5.91 Å². The Morgan fingerprint density at radius 2 is 1.91 bits per heavy atom. The Morgan fingerprint density at radius 1 is 1.18 bits per heavy atom. The Labute approximate surface area is 136 Å². The summed E-state index contributed by atoms with van der Waals surface area (Å²) in [5.74, 6) is 0.166. The lowest BCUT2D eigenvalue weighted by Gasteiger charge is -2.26. The maximum absolute atomic E-state index is 12.7. The summed E-state index contributed by atoms with van der Waals surface area (Å²) in [7, 11) is 0. The fraction of sp³-hybridized carbons (Fsp3) is 0.316. The fourth-order valence-electron chi connectivity index (χ4n) is 3.26. The molecule has 1 atom stereocenters. The number of aryl methyl sites for hydroxylation is 1. The molecule has 0 bridgehead atoms. The highest BCUT2D eigenvalue weighted by molar-refractivity contribution is 6.31. The molecule has 1 saturated heterocycles. The molecule has 1 fully saturated rings. The molecule has 114 valence electrons. The van der Waals surface area contributed by atoms with Gasteiger partial charge in [0.15, 0.2) is 0 Å². The Bertz CT molecular complexity index is 683. The first kappa shape index (κ1) is 15.1. The van der Waals surface area contributed by atoms with Crippen molar-refractivity contribution in [3.05, 3.63) is 70.2 Å². The third kappa shape index (κ3) is 3.02. The molecule has 2 aromatic carbocycles. The van der Waals surface area contributed by atoms with E-state index in [1.807, 2.05) is 35.2 Å². The second-order valence-electron chi connectivity index (χ2n) is 5.87. The highest BCUT2D eigenvalue weighted by atomic mass is 35.5. The van der Waals surface area contributed by atoms with Crippen molar-refractivity contribution in [3.63, 3.8) is 0 Å². The van der Waals surface area contributed by atoms with Gasteiger partial charge in [-0.1, -0.05) is 54.1 Å². The van der Waals surface area contributed by atoms with Gasteiger partial charge in [0.05, 0.1) is 12.5 Å². The molecule has 0 radical (unpaired) electrons. The molecule has 0 N–H and O–H groups in total. The maximum Gasteiger partial charge on any atom is 0.227 e. The van der Waals surface area contributed by atoms with Gasteiger partial charge in [0.25, 0.3) is 0 Å². The summed E-state index contributed by atoms with van der Waals surface area (Å²) in [4.78, 5) is 14.7. The highest BCUT2D eigenvalue weighted by Crippen LogP contribution is 2.34. The zero-order chi connectivity index (χ0) is 15.5. The number of carbonyl (C=O) groups is 1. The van der Waals surface area contributed by atoms with Crippen LogP contribution in [-0.4, -0.2) is 17.4 Å². The number of amides is 1. The predicted molar refractivity (Wildman–Crippen MR) is 90.0 cm³/mol. The number of hydrogen-bond donors (Lipinski definition) is 0. The molecule has 22 heavy (non-hydrogen) atoms. The second kappa shape index (κ2) is 6.53. The monoisotopic (exact) mass is 313 g/mol. The molecule has 0 aromatic heterocycles. The van der Waals surface area contributed by atoms with Gasteiger partial charge >= 0.3 is 0 Å². The van der Waals surface area contributed by atoms with E-state index in [-0.39, 0.29) is 11.9 Å². The summed E-state index contributed by atoms with van der Waals surface area (Å²) in [6, 6.07) is 16.1. The Balaban J connectivity index is 1.80. The molecule has 3 heteroatoms. The molecule has 2 nitrogen and oxygen atoms in total. The van der Waals surface area contributed by atoms with Crippen LogP contribution < -0.4 is 0 Å². The molecule has 1 heterocycles. The van der Waals surface area contributed by atoms with Crippen molar-refractivity contribution in [3.8, 4) is 0 Å². The van der Waals surface area contributed by atoms with Crippen LogP contribution in [0.5, 0.6) is 0 Å². The Morgan fingerprint density at radius 3 is 2.68 bits per heavy atom. The first-order chi connectivity index (χ1) is 10.7. The number of nitrogens with zero attached hydrogens (tertiary/aromatic N) is 1. The van der Waals surface area contributed by atoms with E-state index in [1.54, 1.807) is 0 Å². The lowest BCUT2D eigenvalue weighted by Crippen LogP contribution is -2.32. The summed E-state index contributed by atoms with van der Waals surface area (Å²) < 4.78 is 0. The van der Waals surface area contributed by atoms with Crippen molar-refractivity contribution in [1.29, 1.82) is 0 Å². The van der Waals surface area contributed by atoms with E-state index in [1.165, 1.54) is 11.1 Å². The third-order valence-electron chi connectivity index (χ3n) is 4.42. The average Bonchev–Trinajstić information content (AvgIpc) is 2.99. The standard InChI is InChI=1S/C19H20ClNO/c1-14-7-2-4-9-16(14)18-11-6-12-21(18)19(22)13-15-8-3-5-10-17(15)20/h2-5,7-10,18H,6,11-13H2,1H3/t18-/m0/s1. The van der Waals surface area contributed by atoms with Gasteiger partial charge < -0.3 is 4.90 Å². The summed E-state index contributed by atoms with van der Waals surface area (Å²) >= 11 is 6.18. The van der Waals surface area contributed by atoms with Crippen molar-refractivity contribution < 1.29 is 4.79 Å². The Kier molecular flexibility index (Phi) is 4.49. The lowest BCUT2D eigenvalue weighted by molar-refractivity contribution is -0.131. The van der Waals surface area contributed by atoms with Crippen LogP contribution in [-0.2, 0) is 11.2 Å². The van der Waals surface area contributed by atoms with Gasteiger partial charge in [-0.2, -0.15) is 0 Å². The normalized spacial score (nSPS) is 17.7. The third-order valence-corrected chi connectivity index (χ3v) is 4.79. The van der Waals surface area contributed by atoms with E-state index in [9.17, 15) is 4.79 Å². The molecule has 1 aliphatic rings. The predicted octanol–water partition coefficient (Wildman–Crippen LogP) is 4.55. The SMILES string of the molecule is Cc1ccccc1[C@@H]1CCCN1C(=O)Cc1ccccc1Cl. The van der Waals surface area contributed by atoms with Crippen LogP contribution in [0.25, 0.3) is 0 Å². The number of benzene rings is 2. The molecule has 1 aliphatic heterocycles. The van der Waals surface area contributed by atoms with Crippen LogP contribution in [0.1, 0.15) is 35.6 Å². The zero-order valence-electron chi connectivity index (χ0n) is 12.8. The number of hydrogen-bond acceptors (Lipinski definition) is 1. The average molecular weight is 314 g/mol. The number of halogens is 1. The lowest BCUT2D eigenvalue weighted by atomic mass is 9.99. The van der Waals surface area contributed by atoms with Crippen LogP contribution >= 0.6 is 11.6 Å². The molecule has 2 aromatic rings. The van der Waals surface area contributed by atoms with E-state index in [0.717, 1.165) is 24.9 Å².